The van der Waals surface area contributed by atoms with Gasteiger partial charge in [-0.1, -0.05) is 11.6 Å². The Kier molecular flexibility index (Phi) is 3.74. The fraction of sp³-hybridized carbons (Fsp3) is 0.467. The number of halogens is 1. The first-order valence-electron chi connectivity index (χ1n) is 7.79. The van der Waals surface area contributed by atoms with Crippen molar-refractivity contribution >= 4 is 17.5 Å². The average molecular weight is 333 g/mol. The third-order valence-electron chi connectivity index (χ3n) is 4.60. The molecule has 3 heterocycles. The Balaban J connectivity index is 1.66. The topological polar surface area (TPSA) is 75.9 Å². The van der Waals surface area contributed by atoms with Crippen molar-refractivity contribution in [3.63, 3.8) is 0 Å². The number of carbonyl (C=O) groups excluding carboxylic acids is 1. The van der Waals surface area contributed by atoms with Crippen LogP contribution < -0.4 is 5.32 Å². The van der Waals surface area contributed by atoms with Crippen LogP contribution in [0.3, 0.4) is 0 Å². The van der Waals surface area contributed by atoms with Crippen molar-refractivity contribution in [1.82, 2.24) is 30.4 Å². The van der Waals surface area contributed by atoms with Crippen LogP contribution in [0.15, 0.2) is 24.5 Å². The van der Waals surface area contributed by atoms with Gasteiger partial charge in [0.1, 0.15) is 6.33 Å². The maximum atomic E-state index is 13.1. The van der Waals surface area contributed by atoms with Gasteiger partial charge in [-0.3, -0.25) is 4.79 Å². The molecular formula is C15H17ClN6O. The number of aromatic nitrogens is 4. The Hall–Kier alpha value is -1.99. The molecule has 2 atom stereocenters. The summed E-state index contributed by atoms with van der Waals surface area (Å²) < 4.78 is 1.49. The van der Waals surface area contributed by atoms with Crippen molar-refractivity contribution in [3.05, 3.63) is 35.1 Å². The number of hydrogen-bond donors (Lipinski definition) is 1. The number of likely N-dealkylation sites (tertiary alicyclic amines) is 1. The summed E-state index contributed by atoms with van der Waals surface area (Å²) >= 11 is 6.11. The fourth-order valence-electron chi connectivity index (χ4n) is 3.45. The predicted octanol–water partition coefficient (Wildman–Crippen LogP) is 1.28. The lowest BCUT2D eigenvalue weighted by Crippen LogP contribution is -2.39. The van der Waals surface area contributed by atoms with E-state index in [1.165, 1.54) is 17.4 Å². The number of benzene rings is 1. The molecule has 23 heavy (non-hydrogen) atoms. The summed E-state index contributed by atoms with van der Waals surface area (Å²) in [6.07, 6.45) is 4.80. The summed E-state index contributed by atoms with van der Waals surface area (Å²) in [5.74, 6) is -0.0210. The van der Waals surface area contributed by atoms with Crippen LogP contribution in [-0.4, -0.2) is 56.2 Å². The lowest BCUT2D eigenvalue weighted by molar-refractivity contribution is 0.0748. The second-order valence-electron chi connectivity index (χ2n) is 6.09. The molecule has 0 spiro atoms. The van der Waals surface area contributed by atoms with Crippen LogP contribution in [0.4, 0.5) is 0 Å². The van der Waals surface area contributed by atoms with E-state index in [0.29, 0.717) is 28.4 Å². The number of tetrazole rings is 1. The quantitative estimate of drug-likeness (QED) is 0.896. The predicted molar refractivity (Wildman–Crippen MR) is 84.6 cm³/mol. The van der Waals surface area contributed by atoms with Crippen molar-refractivity contribution in [2.45, 2.75) is 31.3 Å². The van der Waals surface area contributed by atoms with Gasteiger partial charge < -0.3 is 10.2 Å². The van der Waals surface area contributed by atoms with E-state index in [2.05, 4.69) is 20.8 Å². The van der Waals surface area contributed by atoms with Gasteiger partial charge in [0.05, 0.1) is 11.3 Å². The van der Waals surface area contributed by atoms with Crippen LogP contribution in [-0.2, 0) is 0 Å². The van der Waals surface area contributed by atoms with Crippen molar-refractivity contribution < 1.29 is 4.79 Å². The zero-order chi connectivity index (χ0) is 15.8. The molecule has 1 aromatic heterocycles. The van der Waals surface area contributed by atoms with E-state index >= 15 is 0 Å². The van der Waals surface area contributed by atoms with Crippen molar-refractivity contribution in [1.29, 1.82) is 0 Å². The van der Waals surface area contributed by atoms with Gasteiger partial charge in [-0.25, -0.2) is 0 Å². The molecule has 2 saturated heterocycles. The monoisotopic (exact) mass is 332 g/mol. The highest BCUT2D eigenvalue weighted by Gasteiger charge is 2.32. The summed E-state index contributed by atoms with van der Waals surface area (Å²) in [6.45, 7) is 1.49. The number of hydrogen-bond acceptors (Lipinski definition) is 5. The average Bonchev–Trinajstić information content (AvgIpc) is 3.16. The lowest BCUT2D eigenvalue weighted by Gasteiger charge is -2.25. The largest absolute Gasteiger partial charge is 0.337 e. The molecule has 2 aliphatic heterocycles. The second kappa shape index (κ2) is 5.90. The molecule has 2 aliphatic rings. The molecular weight excluding hydrogens is 316 g/mol. The van der Waals surface area contributed by atoms with Gasteiger partial charge >= 0.3 is 0 Å². The van der Waals surface area contributed by atoms with Gasteiger partial charge in [0.15, 0.2) is 0 Å². The highest BCUT2D eigenvalue weighted by atomic mass is 35.5. The molecule has 2 aromatic rings. The van der Waals surface area contributed by atoms with Crippen LogP contribution >= 0.6 is 11.6 Å². The Morgan fingerprint density at radius 3 is 2.96 bits per heavy atom. The zero-order valence-electron chi connectivity index (χ0n) is 12.5. The minimum Gasteiger partial charge on any atom is -0.337 e. The summed E-state index contributed by atoms with van der Waals surface area (Å²) in [7, 11) is 0. The molecule has 0 saturated carbocycles. The number of amides is 1. The maximum Gasteiger partial charge on any atom is 0.256 e. The summed E-state index contributed by atoms with van der Waals surface area (Å²) in [5.41, 5.74) is 1.18. The minimum absolute atomic E-state index is 0.0210. The molecule has 2 unspecified atom stereocenters. The highest BCUT2D eigenvalue weighted by Crippen LogP contribution is 2.24. The van der Waals surface area contributed by atoms with E-state index in [1.807, 2.05) is 4.90 Å². The molecule has 1 N–H and O–H groups in total. The van der Waals surface area contributed by atoms with Gasteiger partial charge in [-0.05, 0) is 47.9 Å². The Bertz CT molecular complexity index is 719. The van der Waals surface area contributed by atoms with Crippen LogP contribution in [0.2, 0.25) is 5.02 Å². The highest BCUT2D eigenvalue weighted by molar-refractivity contribution is 6.31. The number of nitrogens with one attached hydrogen (secondary N) is 1. The Labute approximate surface area is 138 Å². The maximum absolute atomic E-state index is 13.1. The fourth-order valence-corrected chi connectivity index (χ4v) is 3.62. The minimum atomic E-state index is -0.0210. The Morgan fingerprint density at radius 2 is 2.13 bits per heavy atom. The standard InChI is InChI=1S/C15H17ClN6O/c16-10-1-4-14(22-9-17-19-20-22)13(7-10)15(23)21-6-5-11-2-3-12(8-21)18-11/h1,4,7,9,11-12,18H,2-3,5-6,8H2. The van der Waals surface area contributed by atoms with Gasteiger partial charge in [0.25, 0.3) is 5.91 Å². The molecule has 120 valence electrons. The molecule has 0 aliphatic carbocycles. The van der Waals surface area contributed by atoms with Gasteiger partial charge in [-0.15, -0.1) is 5.10 Å². The summed E-state index contributed by atoms with van der Waals surface area (Å²) in [5, 5.41) is 15.3. The molecule has 2 bridgehead atoms. The Morgan fingerprint density at radius 1 is 1.26 bits per heavy atom. The molecule has 4 rings (SSSR count). The van der Waals surface area contributed by atoms with Crippen LogP contribution in [0.1, 0.15) is 29.6 Å². The molecule has 8 heteroatoms. The first-order valence-corrected chi connectivity index (χ1v) is 8.17. The second-order valence-corrected chi connectivity index (χ2v) is 6.53. The number of carbonyl (C=O) groups is 1. The van der Waals surface area contributed by atoms with Crippen molar-refractivity contribution in [2.24, 2.45) is 0 Å². The number of rotatable bonds is 2. The molecule has 7 nitrogen and oxygen atoms in total. The summed E-state index contributed by atoms with van der Waals surface area (Å²) in [6, 6.07) is 6.13. The van der Waals surface area contributed by atoms with Gasteiger partial charge in [0, 0.05) is 30.2 Å². The van der Waals surface area contributed by atoms with Crippen LogP contribution in [0.25, 0.3) is 5.69 Å². The van der Waals surface area contributed by atoms with E-state index in [9.17, 15) is 4.79 Å². The third-order valence-corrected chi connectivity index (χ3v) is 4.83. The van der Waals surface area contributed by atoms with E-state index < -0.39 is 0 Å². The smallest absolute Gasteiger partial charge is 0.256 e. The number of fused-ring (bicyclic) bond motifs is 2. The van der Waals surface area contributed by atoms with Gasteiger partial charge in [-0.2, -0.15) is 4.68 Å². The van der Waals surface area contributed by atoms with Crippen molar-refractivity contribution in [3.8, 4) is 5.69 Å². The molecule has 1 amide bonds. The van der Waals surface area contributed by atoms with E-state index in [1.54, 1.807) is 18.2 Å². The van der Waals surface area contributed by atoms with Crippen molar-refractivity contribution in [2.75, 3.05) is 13.1 Å². The molecule has 2 fully saturated rings. The van der Waals surface area contributed by atoms with Crippen LogP contribution in [0, 0.1) is 0 Å². The SMILES string of the molecule is O=C(c1cc(Cl)ccc1-n1cnnn1)N1CCC2CCC(C1)N2. The molecule has 1 aromatic carbocycles. The first-order chi connectivity index (χ1) is 11.2. The molecule has 0 radical (unpaired) electrons. The normalized spacial score (nSPS) is 23.8. The first kappa shape index (κ1) is 14.6. The lowest BCUT2D eigenvalue weighted by atomic mass is 10.1. The summed E-state index contributed by atoms with van der Waals surface area (Å²) in [4.78, 5) is 15.0. The zero-order valence-corrected chi connectivity index (χ0v) is 13.3. The van der Waals surface area contributed by atoms with E-state index in [4.69, 9.17) is 11.6 Å². The number of nitrogens with zero attached hydrogens (tertiary/aromatic N) is 5. The van der Waals surface area contributed by atoms with Crippen LogP contribution in [0.5, 0.6) is 0 Å². The van der Waals surface area contributed by atoms with E-state index in [0.717, 1.165) is 25.9 Å². The van der Waals surface area contributed by atoms with E-state index in [-0.39, 0.29) is 5.91 Å². The third kappa shape index (κ3) is 2.82. The van der Waals surface area contributed by atoms with Gasteiger partial charge in [0.2, 0.25) is 0 Å².